The van der Waals surface area contributed by atoms with E-state index in [1.165, 1.54) is 51.4 Å². The van der Waals surface area contributed by atoms with Crippen LogP contribution in [-0.4, -0.2) is 25.3 Å². The Bertz CT molecular complexity index is 262. The Hall–Kier alpha value is -0.0800. The minimum absolute atomic E-state index is 0.571. The molecule has 20 heavy (non-hydrogen) atoms. The summed E-state index contributed by atoms with van der Waals surface area (Å²) in [5.74, 6) is 2.84. The summed E-state index contributed by atoms with van der Waals surface area (Å²) in [6.07, 6.45) is 11.8. The molecule has 2 saturated carbocycles. The van der Waals surface area contributed by atoms with Gasteiger partial charge in [-0.3, -0.25) is 0 Å². The first-order valence-electron chi connectivity index (χ1n) is 9.11. The summed E-state index contributed by atoms with van der Waals surface area (Å²) >= 11 is 0. The Morgan fingerprint density at radius 3 is 2.50 bits per heavy atom. The summed E-state index contributed by atoms with van der Waals surface area (Å²) in [5.41, 5.74) is 0. The maximum atomic E-state index is 5.71. The van der Waals surface area contributed by atoms with Crippen LogP contribution in [0.1, 0.15) is 72.1 Å². The molecule has 2 rings (SSSR count). The van der Waals surface area contributed by atoms with Crippen LogP contribution in [0.25, 0.3) is 0 Å². The van der Waals surface area contributed by atoms with Crippen LogP contribution in [0, 0.1) is 17.8 Å². The molecule has 0 spiro atoms. The Labute approximate surface area is 126 Å². The van der Waals surface area contributed by atoms with Gasteiger partial charge in [0.15, 0.2) is 0 Å². The second-order valence-electron chi connectivity index (χ2n) is 7.02. The van der Waals surface area contributed by atoms with Crippen LogP contribution in [0.2, 0.25) is 0 Å². The van der Waals surface area contributed by atoms with E-state index in [-0.39, 0.29) is 0 Å². The Morgan fingerprint density at radius 2 is 1.85 bits per heavy atom. The van der Waals surface area contributed by atoms with Gasteiger partial charge in [0, 0.05) is 12.6 Å². The molecule has 118 valence electrons. The smallest absolute Gasteiger partial charge is 0.0580 e. The molecular formula is C18H35NO. The van der Waals surface area contributed by atoms with Crippen LogP contribution < -0.4 is 5.32 Å². The van der Waals surface area contributed by atoms with Crippen molar-refractivity contribution in [2.24, 2.45) is 17.8 Å². The predicted octanol–water partition coefficient (Wildman–Crippen LogP) is 4.39. The zero-order valence-electron chi connectivity index (χ0n) is 13.9. The molecule has 0 aliphatic heterocycles. The Kier molecular flexibility index (Phi) is 6.83. The van der Waals surface area contributed by atoms with E-state index in [1.54, 1.807) is 0 Å². The van der Waals surface area contributed by atoms with Gasteiger partial charge in [-0.2, -0.15) is 0 Å². The third-order valence-corrected chi connectivity index (χ3v) is 5.62. The number of nitrogens with one attached hydrogen (secondary N) is 1. The van der Waals surface area contributed by atoms with Gasteiger partial charge in [-0.05, 0) is 63.3 Å². The van der Waals surface area contributed by atoms with Gasteiger partial charge < -0.3 is 10.1 Å². The van der Waals surface area contributed by atoms with Gasteiger partial charge in [-0.1, -0.05) is 33.1 Å². The number of rotatable bonds is 8. The highest BCUT2D eigenvalue weighted by Crippen LogP contribution is 2.39. The van der Waals surface area contributed by atoms with Crippen LogP contribution in [0.4, 0.5) is 0 Å². The van der Waals surface area contributed by atoms with Crippen molar-refractivity contribution in [2.75, 3.05) is 13.2 Å². The molecule has 0 radical (unpaired) electrons. The largest absolute Gasteiger partial charge is 0.378 e. The van der Waals surface area contributed by atoms with Crippen molar-refractivity contribution < 1.29 is 4.74 Å². The molecule has 3 unspecified atom stereocenters. The van der Waals surface area contributed by atoms with E-state index in [1.807, 2.05) is 0 Å². The first-order valence-corrected chi connectivity index (χ1v) is 9.11. The SMILES string of the molecule is CCNC(CC1CC(OCC)C1)C1CCCC(CC)C1. The number of hydrogen-bond acceptors (Lipinski definition) is 2. The molecule has 0 bridgehead atoms. The van der Waals surface area contributed by atoms with E-state index in [2.05, 4.69) is 26.1 Å². The third-order valence-electron chi connectivity index (χ3n) is 5.62. The molecule has 0 amide bonds. The fourth-order valence-electron chi connectivity index (χ4n) is 4.37. The maximum absolute atomic E-state index is 5.71. The molecule has 0 aromatic rings. The van der Waals surface area contributed by atoms with Crippen LogP contribution in [0.15, 0.2) is 0 Å². The molecule has 0 aromatic heterocycles. The molecule has 2 aliphatic rings. The molecule has 2 heteroatoms. The highest BCUT2D eigenvalue weighted by Gasteiger charge is 2.34. The minimum Gasteiger partial charge on any atom is -0.378 e. The van der Waals surface area contributed by atoms with Gasteiger partial charge in [0.05, 0.1) is 6.10 Å². The molecule has 2 fully saturated rings. The quantitative estimate of drug-likeness (QED) is 0.712. The minimum atomic E-state index is 0.571. The molecule has 0 saturated heterocycles. The zero-order valence-corrected chi connectivity index (χ0v) is 13.9. The van der Waals surface area contributed by atoms with Crippen LogP contribution in [0.3, 0.4) is 0 Å². The van der Waals surface area contributed by atoms with Crippen LogP contribution in [-0.2, 0) is 4.74 Å². The standard InChI is InChI=1S/C18H35NO/c1-4-14-8-7-9-16(10-14)18(19-5-2)13-15-11-17(12-15)20-6-3/h14-19H,4-13H2,1-3H3. The van der Waals surface area contributed by atoms with Gasteiger partial charge in [0.25, 0.3) is 0 Å². The van der Waals surface area contributed by atoms with Crippen molar-refractivity contribution in [1.82, 2.24) is 5.32 Å². The Morgan fingerprint density at radius 1 is 1.05 bits per heavy atom. The first kappa shape index (κ1) is 16.3. The van der Waals surface area contributed by atoms with Gasteiger partial charge >= 0.3 is 0 Å². The molecule has 2 nitrogen and oxygen atoms in total. The lowest BCUT2D eigenvalue weighted by atomic mass is 9.71. The highest BCUT2D eigenvalue weighted by molar-refractivity contribution is 4.88. The fraction of sp³-hybridized carbons (Fsp3) is 1.00. The number of hydrogen-bond donors (Lipinski definition) is 1. The lowest BCUT2D eigenvalue weighted by Gasteiger charge is -2.41. The summed E-state index contributed by atoms with van der Waals surface area (Å²) in [5, 5.41) is 3.80. The van der Waals surface area contributed by atoms with Gasteiger partial charge in [-0.15, -0.1) is 0 Å². The van der Waals surface area contributed by atoms with Crippen molar-refractivity contribution in [3.05, 3.63) is 0 Å². The van der Waals surface area contributed by atoms with E-state index in [0.29, 0.717) is 6.10 Å². The highest BCUT2D eigenvalue weighted by atomic mass is 16.5. The predicted molar refractivity (Wildman–Crippen MR) is 86.0 cm³/mol. The van der Waals surface area contributed by atoms with E-state index >= 15 is 0 Å². The van der Waals surface area contributed by atoms with Crippen molar-refractivity contribution in [3.63, 3.8) is 0 Å². The van der Waals surface area contributed by atoms with E-state index in [9.17, 15) is 0 Å². The average molecular weight is 281 g/mol. The lowest BCUT2D eigenvalue weighted by molar-refractivity contribution is -0.0316. The molecule has 3 atom stereocenters. The van der Waals surface area contributed by atoms with Crippen LogP contribution >= 0.6 is 0 Å². The van der Waals surface area contributed by atoms with E-state index in [0.717, 1.165) is 36.9 Å². The van der Waals surface area contributed by atoms with Crippen molar-refractivity contribution >= 4 is 0 Å². The second kappa shape index (κ2) is 8.38. The van der Waals surface area contributed by atoms with E-state index < -0.39 is 0 Å². The zero-order chi connectivity index (χ0) is 14.4. The summed E-state index contributed by atoms with van der Waals surface area (Å²) < 4.78 is 5.71. The maximum Gasteiger partial charge on any atom is 0.0580 e. The molecular weight excluding hydrogens is 246 g/mol. The van der Waals surface area contributed by atoms with Crippen molar-refractivity contribution in [1.29, 1.82) is 0 Å². The monoisotopic (exact) mass is 281 g/mol. The second-order valence-corrected chi connectivity index (χ2v) is 7.02. The Balaban J connectivity index is 1.78. The summed E-state index contributed by atoms with van der Waals surface area (Å²) in [4.78, 5) is 0. The third kappa shape index (κ3) is 4.46. The molecule has 0 aromatic carbocycles. The molecule has 0 heterocycles. The average Bonchev–Trinajstić information content (AvgIpc) is 2.44. The number of ether oxygens (including phenoxy) is 1. The fourth-order valence-corrected chi connectivity index (χ4v) is 4.37. The summed E-state index contributed by atoms with van der Waals surface area (Å²) in [7, 11) is 0. The molecule has 1 N–H and O–H groups in total. The summed E-state index contributed by atoms with van der Waals surface area (Å²) in [6, 6.07) is 0.766. The van der Waals surface area contributed by atoms with Crippen molar-refractivity contribution in [2.45, 2.75) is 84.3 Å². The van der Waals surface area contributed by atoms with Crippen LogP contribution in [0.5, 0.6) is 0 Å². The first-order chi connectivity index (χ1) is 9.76. The van der Waals surface area contributed by atoms with Gasteiger partial charge in [0.2, 0.25) is 0 Å². The lowest BCUT2D eigenvalue weighted by Crippen LogP contribution is -2.43. The van der Waals surface area contributed by atoms with Gasteiger partial charge in [-0.25, -0.2) is 0 Å². The normalized spacial score (nSPS) is 35.5. The molecule has 2 aliphatic carbocycles. The van der Waals surface area contributed by atoms with Gasteiger partial charge in [0.1, 0.15) is 0 Å². The van der Waals surface area contributed by atoms with E-state index in [4.69, 9.17) is 4.74 Å². The topological polar surface area (TPSA) is 21.3 Å². The van der Waals surface area contributed by atoms with Crippen molar-refractivity contribution in [3.8, 4) is 0 Å². The summed E-state index contributed by atoms with van der Waals surface area (Å²) in [6.45, 7) is 8.75.